The van der Waals surface area contributed by atoms with Crippen LogP contribution in [0.4, 0.5) is 4.39 Å². The van der Waals surface area contributed by atoms with Crippen molar-refractivity contribution >= 4 is 16.9 Å². The second-order valence-electron chi connectivity index (χ2n) is 6.23. The average molecular weight is 320 g/mol. The largest absolute Gasteiger partial charge is 0.481 e. The van der Waals surface area contributed by atoms with Crippen molar-refractivity contribution in [3.63, 3.8) is 0 Å². The summed E-state index contributed by atoms with van der Waals surface area (Å²) in [7, 11) is 0. The highest BCUT2D eigenvalue weighted by Crippen LogP contribution is 2.33. The van der Waals surface area contributed by atoms with Crippen LogP contribution in [0.15, 0.2) is 22.7 Å². The summed E-state index contributed by atoms with van der Waals surface area (Å²) in [5.41, 5.74) is 1.38. The van der Waals surface area contributed by atoms with Crippen molar-refractivity contribution in [2.24, 2.45) is 5.92 Å². The van der Waals surface area contributed by atoms with E-state index in [1.165, 1.54) is 12.1 Å². The Morgan fingerprint density at radius 1 is 1.48 bits per heavy atom. The highest BCUT2D eigenvalue weighted by Gasteiger charge is 2.27. The second kappa shape index (κ2) is 6.66. The lowest BCUT2D eigenvalue weighted by molar-refractivity contribution is -0.142. The summed E-state index contributed by atoms with van der Waals surface area (Å²) in [6.45, 7) is 4.21. The molecule has 0 saturated carbocycles. The van der Waals surface area contributed by atoms with Crippen molar-refractivity contribution in [1.82, 2.24) is 10.1 Å². The smallest absolute Gasteiger partial charge is 0.307 e. The van der Waals surface area contributed by atoms with E-state index < -0.39 is 5.97 Å². The van der Waals surface area contributed by atoms with Crippen molar-refractivity contribution in [2.75, 3.05) is 19.6 Å². The molecule has 3 rings (SSSR count). The van der Waals surface area contributed by atoms with Crippen LogP contribution < -0.4 is 0 Å². The number of hydrogen-bond donors (Lipinski definition) is 1. The number of benzene rings is 1. The number of piperidine rings is 1. The summed E-state index contributed by atoms with van der Waals surface area (Å²) >= 11 is 0. The lowest BCUT2D eigenvalue weighted by Crippen LogP contribution is -2.38. The molecular weight excluding hydrogens is 299 g/mol. The predicted molar refractivity (Wildman–Crippen MR) is 83.8 cm³/mol. The first kappa shape index (κ1) is 15.9. The van der Waals surface area contributed by atoms with Crippen LogP contribution in [0.1, 0.15) is 37.8 Å². The number of halogens is 1. The number of aliphatic carboxylic acids is 1. The van der Waals surface area contributed by atoms with Crippen LogP contribution >= 0.6 is 0 Å². The van der Waals surface area contributed by atoms with E-state index in [9.17, 15) is 9.18 Å². The van der Waals surface area contributed by atoms with Gasteiger partial charge in [-0.25, -0.2) is 4.39 Å². The van der Waals surface area contributed by atoms with Gasteiger partial charge in [0.05, 0.1) is 11.6 Å². The van der Waals surface area contributed by atoms with Crippen molar-refractivity contribution in [2.45, 2.75) is 32.1 Å². The Morgan fingerprint density at radius 2 is 2.22 bits per heavy atom. The number of likely N-dealkylation sites (tertiary alicyclic amines) is 1. The molecule has 0 amide bonds. The van der Waals surface area contributed by atoms with Gasteiger partial charge in [-0.05, 0) is 44.5 Å². The lowest BCUT2D eigenvalue weighted by Gasteiger charge is -2.32. The molecule has 1 N–H and O–H groups in total. The number of carboxylic acid groups (broad SMARTS) is 1. The van der Waals surface area contributed by atoms with Gasteiger partial charge in [-0.3, -0.25) is 4.79 Å². The molecule has 1 unspecified atom stereocenters. The van der Waals surface area contributed by atoms with Crippen molar-refractivity contribution in [3.8, 4) is 0 Å². The normalized spacial score (nSPS) is 18.3. The molecule has 2 aromatic rings. The maximum atomic E-state index is 13.2. The first-order chi connectivity index (χ1) is 11.1. The molecule has 1 aromatic carbocycles. The molecule has 6 heteroatoms. The molecule has 124 valence electrons. The number of hydrogen-bond acceptors (Lipinski definition) is 4. The molecular formula is C17H21FN2O3. The molecule has 1 fully saturated rings. The monoisotopic (exact) mass is 320 g/mol. The molecule has 0 spiro atoms. The Labute approximate surface area is 134 Å². The summed E-state index contributed by atoms with van der Waals surface area (Å²) in [4.78, 5) is 13.4. The number of rotatable bonds is 5. The summed E-state index contributed by atoms with van der Waals surface area (Å²) in [6.07, 6.45) is 2.47. The van der Waals surface area contributed by atoms with E-state index in [1.54, 1.807) is 6.07 Å². The first-order valence-electron chi connectivity index (χ1n) is 8.08. The standard InChI is InChI=1S/C17H21FN2O3/c1-2-11(17(21)22)10-20-7-5-12(6-8-20)16-14-4-3-13(18)9-15(14)23-19-16/h3-4,9,11-12H,2,5-8,10H2,1H3,(H,21,22). The Balaban J connectivity index is 1.65. The number of carbonyl (C=O) groups is 1. The first-order valence-corrected chi connectivity index (χ1v) is 8.08. The maximum absolute atomic E-state index is 13.2. The zero-order valence-electron chi connectivity index (χ0n) is 13.2. The lowest BCUT2D eigenvalue weighted by atomic mass is 9.91. The van der Waals surface area contributed by atoms with Gasteiger partial charge in [0.2, 0.25) is 0 Å². The minimum absolute atomic E-state index is 0.280. The summed E-state index contributed by atoms with van der Waals surface area (Å²) in [5, 5.41) is 14.2. The fraction of sp³-hybridized carbons (Fsp3) is 0.529. The van der Waals surface area contributed by atoms with Crippen LogP contribution in [-0.4, -0.2) is 40.8 Å². The molecule has 2 heterocycles. The molecule has 1 aromatic heterocycles. The average Bonchev–Trinajstić information content (AvgIpc) is 2.95. The quantitative estimate of drug-likeness (QED) is 0.916. The van der Waals surface area contributed by atoms with Gasteiger partial charge in [0.25, 0.3) is 0 Å². The number of fused-ring (bicyclic) bond motifs is 1. The van der Waals surface area contributed by atoms with Gasteiger partial charge in [-0.2, -0.15) is 0 Å². The SMILES string of the molecule is CCC(CN1CCC(c2noc3cc(F)ccc23)CC1)C(=O)O. The van der Waals surface area contributed by atoms with Gasteiger partial charge in [-0.1, -0.05) is 12.1 Å². The number of nitrogens with zero attached hydrogens (tertiary/aromatic N) is 2. The van der Waals surface area contributed by atoms with Gasteiger partial charge in [0.1, 0.15) is 5.82 Å². The third kappa shape index (κ3) is 3.37. The molecule has 0 bridgehead atoms. The number of carboxylic acids is 1. The van der Waals surface area contributed by atoms with Crippen molar-refractivity contribution < 1.29 is 18.8 Å². The van der Waals surface area contributed by atoms with Crippen LogP contribution in [0.25, 0.3) is 11.0 Å². The third-order valence-corrected chi connectivity index (χ3v) is 4.76. The Kier molecular flexibility index (Phi) is 4.61. The van der Waals surface area contributed by atoms with Crippen LogP contribution in [0.2, 0.25) is 0 Å². The zero-order valence-corrected chi connectivity index (χ0v) is 13.2. The van der Waals surface area contributed by atoms with E-state index in [0.717, 1.165) is 37.0 Å². The topological polar surface area (TPSA) is 66.6 Å². The van der Waals surface area contributed by atoms with Crippen LogP contribution in [0.5, 0.6) is 0 Å². The molecule has 0 aliphatic carbocycles. The molecule has 1 atom stereocenters. The van der Waals surface area contributed by atoms with Gasteiger partial charge in [-0.15, -0.1) is 0 Å². The fourth-order valence-corrected chi connectivity index (χ4v) is 3.31. The van der Waals surface area contributed by atoms with E-state index in [0.29, 0.717) is 18.5 Å². The van der Waals surface area contributed by atoms with Crippen molar-refractivity contribution in [1.29, 1.82) is 0 Å². The van der Waals surface area contributed by atoms with E-state index in [2.05, 4.69) is 10.1 Å². The maximum Gasteiger partial charge on any atom is 0.307 e. The summed E-state index contributed by atoms with van der Waals surface area (Å²) in [5.74, 6) is -1.07. The Bertz CT molecular complexity index is 692. The van der Waals surface area contributed by atoms with E-state index in [-0.39, 0.29) is 17.7 Å². The minimum atomic E-state index is -0.723. The molecule has 1 saturated heterocycles. The fourth-order valence-electron chi connectivity index (χ4n) is 3.31. The minimum Gasteiger partial charge on any atom is -0.481 e. The number of aromatic nitrogens is 1. The van der Waals surface area contributed by atoms with Gasteiger partial charge < -0.3 is 14.5 Å². The highest BCUT2D eigenvalue weighted by atomic mass is 19.1. The molecule has 1 aliphatic rings. The van der Waals surface area contributed by atoms with Gasteiger partial charge >= 0.3 is 5.97 Å². The zero-order chi connectivity index (χ0) is 16.4. The molecule has 23 heavy (non-hydrogen) atoms. The predicted octanol–water partition coefficient (Wildman–Crippen LogP) is 3.26. The molecule has 1 aliphatic heterocycles. The van der Waals surface area contributed by atoms with E-state index in [1.807, 2.05) is 6.92 Å². The van der Waals surface area contributed by atoms with Gasteiger partial charge in [0.15, 0.2) is 5.58 Å². The molecule has 5 nitrogen and oxygen atoms in total. The van der Waals surface area contributed by atoms with E-state index in [4.69, 9.17) is 9.63 Å². The van der Waals surface area contributed by atoms with E-state index >= 15 is 0 Å². The molecule has 0 radical (unpaired) electrons. The van der Waals surface area contributed by atoms with Crippen LogP contribution in [0, 0.1) is 11.7 Å². The second-order valence-corrected chi connectivity index (χ2v) is 6.23. The van der Waals surface area contributed by atoms with Crippen molar-refractivity contribution in [3.05, 3.63) is 29.7 Å². The highest BCUT2D eigenvalue weighted by molar-refractivity contribution is 5.79. The Morgan fingerprint density at radius 3 is 2.87 bits per heavy atom. The third-order valence-electron chi connectivity index (χ3n) is 4.76. The van der Waals surface area contributed by atoms with Crippen LogP contribution in [0.3, 0.4) is 0 Å². The van der Waals surface area contributed by atoms with Gasteiger partial charge in [0, 0.05) is 23.9 Å². The van der Waals surface area contributed by atoms with Crippen LogP contribution in [-0.2, 0) is 4.79 Å². The summed E-state index contributed by atoms with van der Waals surface area (Å²) in [6, 6.07) is 4.51. The summed E-state index contributed by atoms with van der Waals surface area (Å²) < 4.78 is 18.5. The Hall–Kier alpha value is -1.95.